The van der Waals surface area contributed by atoms with Crippen LogP contribution in [0.4, 0.5) is 5.69 Å². The highest BCUT2D eigenvalue weighted by atomic mass is 16.6. The first kappa shape index (κ1) is 14.2. The molecule has 3 aromatic rings. The Morgan fingerprint density at radius 2 is 1.67 bits per heavy atom. The normalized spacial score (nSPS) is 16.4. The summed E-state index contributed by atoms with van der Waals surface area (Å²) in [6, 6.07) is 14.6. The number of hydrogen-bond donors (Lipinski definition) is 0. The number of carbonyl (C=O) groups is 2. The highest BCUT2D eigenvalue weighted by molar-refractivity contribution is 6.29. The average Bonchev–Trinajstić information content (AvgIpc) is 2.85. The molecular weight excluding hydrogens is 308 g/mol. The number of pyridine rings is 1. The Morgan fingerprint density at radius 1 is 0.917 bits per heavy atom. The molecule has 0 N–H and O–H groups in total. The van der Waals surface area contributed by atoms with Gasteiger partial charge in [-0.2, -0.15) is 0 Å². The van der Waals surface area contributed by atoms with Crippen molar-refractivity contribution in [2.24, 2.45) is 0 Å². The Balaban J connectivity index is 1.82. The number of rotatable bonds is 2. The molecule has 0 saturated carbocycles. The summed E-state index contributed by atoms with van der Waals surface area (Å²) in [6.07, 6.45) is 0. The SMILES string of the molecule is O=C1c2ccc([N+](=O)[O-])cc2C(=O)C1c1ccc2ccccc2n1. The van der Waals surface area contributed by atoms with Crippen LogP contribution in [0.15, 0.2) is 54.6 Å². The molecule has 0 amide bonds. The summed E-state index contributed by atoms with van der Waals surface area (Å²) in [4.78, 5) is 40.0. The molecule has 0 fully saturated rings. The Morgan fingerprint density at radius 3 is 2.46 bits per heavy atom. The van der Waals surface area contributed by atoms with Gasteiger partial charge >= 0.3 is 0 Å². The summed E-state index contributed by atoms with van der Waals surface area (Å²) in [5, 5.41) is 11.8. The maximum Gasteiger partial charge on any atom is 0.270 e. The lowest BCUT2D eigenvalue weighted by Crippen LogP contribution is -2.14. The van der Waals surface area contributed by atoms with Gasteiger partial charge in [0.2, 0.25) is 0 Å². The van der Waals surface area contributed by atoms with Crippen LogP contribution in [-0.4, -0.2) is 21.5 Å². The van der Waals surface area contributed by atoms with Gasteiger partial charge in [-0.3, -0.25) is 24.7 Å². The van der Waals surface area contributed by atoms with E-state index in [0.717, 1.165) is 11.5 Å². The van der Waals surface area contributed by atoms with Crippen molar-refractivity contribution in [1.82, 2.24) is 4.98 Å². The van der Waals surface area contributed by atoms with E-state index in [4.69, 9.17) is 0 Å². The van der Waals surface area contributed by atoms with Gasteiger partial charge in [-0.05, 0) is 18.2 Å². The van der Waals surface area contributed by atoms with Crippen LogP contribution in [0.3, 0.4) is 0 Å². The zero-order valence-electron chi connectivity index (χ0n) is 12.3. The van der Waals surface area contributed by atoms with Crippen LogP contribution in [0.2, 0.25) is 0 Å². The molecule has 0 radical (unpaired) electrons. The minimum atomic E-state index is -1.04. The maximum absolute atomic E-state index is 12.6. The van der Waals surface area contributed by atoms with Crippen LogP contribution >= 0.6 is 0 Å². The molecule has 0 bridgehead atoms. The number of nitro groups is 1. The van der Waals surface area contributed by atoms with Gasteiger partial charge in [0.25, 0.3) is 5.69 Å². The molecule has 0 spiro atoms. The molecular formula is C18H10N2O4. The lowest BCUT2D eigenvalue weighted by Gasteiger charge is -2.07. The number of carbonyl (C=O) groups excluding carboxylic acids is 2. The van der Waals surface area contributed by atoms with Crippen molar-refractivity contribution in [3.63, 3.8) is 0 Å². The smallest absolute Gasteiger partial charge is 0.270 e. The summed E-state index contributed by atoms with van der Waals surface area (Å²) in [7, 11) is 0. The Kier molecular flexibility index (Phi) is 2.99. The molecule has 1 heterocycles. The van der Waals surface area contributed by atoms with Crippen molar-refractivity contribution in [3.8, 4) is 0 Å². The number of non-ortho nitro benzene ring substituents is 1. The van der Waals surface area contributed by atoms with E-state index >= 15 is 0 Å². The fraction of sp³-hybridized carbons (Fsp3) is 0.0556. The molecule has 116 valence electrons. The van der Waals surface area contributed by atoms with Crippen molar-refractivity contribution in [2.45, 2.75) is 5.92 Å². The molecule has 1 aromatic heterocycles. The summed E-state index contributed by atoms with van der Waals surface area (Å²) in [5.41, 5.74) is 1.15. The molecule has 0 saturated heterocycles. The summed E-state index contributed by atoms with van der Waals surface area (Å²) < 4.78 is 0. The van der Waals surface area contributed by atoms with E-state index in [1.165, 1.54) is 12.1 Å². The Bertz CT molecular complexity index is 1040. The number of nitro benzene ring substituents is 1. The standard InChI is InChI=1S/C18H10N2O4/c21-17-12-7-6-11(20(23)24)9-13(12)18(22)16(17)15-8-5-10-3-1-2-4-14(10)19-15/h1-9,16H. The number of ketones is 2. The number of aromatic nitrogens is 1. The third kappa shape index (κ3) is 2.00. The quantitative estimate of drug-likeness (QED) is 0.411. The van der Waals surface area contributed by atoms with E-state index in [1.54, 1.807) is 12.1 Å². The van der Waals surface area contributed by atoms with Crippen molar-refractivity contribution in [3.05, 3.63) is 81.5 Å². The monoisotopic (exact) mass is 318 g/mol. The molecule has 24 heavy (non-hydrogen) atoms. The van der Waals surface area contributed by atoms with Crippen LogP contribution in [0.5, 0.6) is 0 Å². The summed E-state index contributed by atoms with van der Waals surface area (Å²) >= 11 is 0. The summed E-state index contributed by atoms with van der Waals surface area (Å²) in [5.74, 6) is -1.85. The van der Waals surface area contributed by atoms with Crippen molar-refractivity contribution < 1.29 is 14.5 Å². The van der Waals surface area contributed by atoms with Gasteiger partial charge in [0.15, 0.2) is 11.6 Å². The van der Waals surface area contributed by atoms with E-state index in [9.17, 15) is 19.7 Å². The topological polar surface area (TPSA) is 90.2 Å². The minimum absolute atomic E-state index is 0.0918. The number of fused-ring (bicyclic) bond motifs is 2. The van der Waals surface area contributed by atoms with E-state index in [1.807, 2.05) is 24.3 Å². The number of Topliss-reactive ketones (excluding diaryl/α,β-unsaturated/α-hetero) is 2. The highest BCUT2D eigenvalue weighted by Gasteiger charge is 2.41. The number of hydrogen-bond acceptors (Lipinski definition) is 5. The lowest BCUT2D eigenvalue weighted by atomic mass is 9.98. The molecule has 6 nitrogen and oxygen atoms in total. The second kappa shape index (κ2) is 5.06. The lowest BCUT2D eigenvalue weighted by molar-refractivity contribution is -0.384. The average molecular weight is 318 g/mol. The first-order valence-electron chi connectivity index (χ1n) is 7.29. The van der Waals surface area contributed by atoms with Gasteiger partial charge in [0.05, 0.1) is 16.1 Å². The van der Waals surface area contributed by atoms with Crippen LogP contribution in [0, 0.1) is 10.1 Å². The second-order valence-corrected chi connectivity index (χ2v) is 5.58. The van der Waals surface area contributed by atoms with Gasteiger partial charge < -0.3 is 0 Å². The first-order valence-corrected chi connectivity index (χ1v) is 7.29. The zero-order chi connectivity index (χ0) is 16.8. The van der Waals surface area contributed by atoms with E-state index in [2.05, 4.69) is 4.98 Å². The third-order valence-electron chi connectivity index (χ3n) is 4.18. The van der Waals surface area contributed by atoms with Crippen LogP contribution in [-0.2, 0) is 0 Å². The largest absolute Gasteiger partial charge is 0.293 e. The Labute approximate surface area is 135 Å². The number of benzene rings is 2. The van der Waals surface area contributed by atoms with E-state index in [0.29, 0.717) is 11.2 Å². The summed E-state index contributed by atoms with van der Waals surface area (Å²) in [6.45, 7) is 0. The van der Waals surface area contributed by atoms with E-state index in [-0.39, 0.29) is 22.6 Å². The third-order valence-corrected chi connectivity index (χ3v) is 4.18. The second-order valence-electron chi connectivity index (χ2n) is 5.58. The number of nitrogens with zero attached hydrogens (tertiary/aromatic N) is 2. The minimum Gasteiger partial charge on any atom is -0.293 e. The molecule has 1 atom stereocenters. The molecule has 0 aliphatic heterocycles. The van der Waals surface area contributed by atoms with Gasteiger partial charge in [0.1, 0.15) is 5.92 Å². The maximum atomic E-state index is 12.6. The zero-order valence-corrected chi connectivity index (χ0v) is 12.3. The fourth-order valence-electron chi connectivity index (χ4n) is 3.01. The van der Waals surface area contributed by atoms with Gasteiger partial charge in [-0.25, -0.2) is 0 Å². The first-order chi connectivity index (χ1) is 11.6. The van der Waals surface area contributed by atoms with Crippen molar-refractivity contribution in [1.29, 1.82) is 0 Å². The van der Waals surface area contributed by atoms with Crippen LogP contribution < -0.4 is 0 Å². The molecule has 1 aliphatic rings. The van der Waals surface area contributed by atoms with Gasteiger partial charge in [0, 0.05) is 28.6 Å². The highest BCUT2D eigenvalue weighted by Crippen LogP contribution is 2.35. The molecule has 6 heteroatoms. The van der Waals surface area contributed by atoms with Crippen LogP contribution in [0.1, 0.15) is 32.3 Å². The molecule has 2 aromatic carbocycles. The molecule has 4 rings (SSSR count). The van der Waals surface area contributed by atoms with Gasteiger partial charge in [-0.1, -0.05) is 24.3 Å². The van der Waals surface area contributed by atoms with Crippen LogP contribution in [0.25, 0.3) is 10.9 Å². The molecule has 1 aliphatic carbocycles. The van der Waals surface area contributed by atoms with Gasteiger partial charge in [-0.15, -0.1) is 0 Å². The number of para-hydroxylation sites is 1. The predicted molar refractivity (Wildman–Crippen MR) is 86.2 cm³/mol. The molecule has 1 unspecified atom stereocenters. The van der Waals surface area contributed by atoms with Crippen molar-refractivity contribution in [2.75, 3.05) is 0 Å². The fourth-order valence-corrected chi connectivity index (χ4v) is 3.01. The van der Waals surface area contributed by atoms with Crippen molar-refractivity contribution >= 4 is 28.2 Å². The Hall–Kier alpha value is -3.41. The van der Waals surface area contributed by atoms with E-state index < -0.39 is 16.6 Å². The predicted octanol–water partition coefficient (Wildman–Crippen LogP) is 3.31.